The lowest BCUT2D eigenvalue weighted by Gasteiger charge is -2.22. The maximum Gasteiger partial charge on any atom is 0.303 e. The highest BCUT2D eigenvalue weighted by Crippen LogP contribution is 2.26. The van der Waals surface area contributed by atoms with Gasteiger partial charge in [0.25, 0.3) is 0 Å². The number of aryl methyl sites for hydroxylation is 1. The number of rotatable bonds is 5. The molecule has 1 aliphatic heterocycles. The van der Waals surface area contributed by atoms with Gasteiger partial charge in [-0.25, -0.2) is 0 Å². The molecule has 0 atom stereocenters. The summed E-state index contributed by atoms with van der Waals surface area (Å²) >= 11 is 0. The third kappa shape index (κ3) is 3.07. The van der Waals surface area contributed by atoms with Crippen LogP contribution in [0.25, 0.3) is 0 Å². The molecule has 1 aromatic heterocycles. The van der Waals surface area contributed by atoms with Crippen LogP contribution in [0.1, 0.15) is 43.3 Å². The van der Waals surface area contributed by atoms with Crippen LogP contribution in [0.3, 0.4) is 0 Å². The second kappa shape index (κ2) is 5.95. The van der Waals surface area contributed by atoms with Gasteiger partial charge in [-0.2, -0.15) is 0 Å². The minimum absolute atomic E-state index is 0.185. The lowest BCUT2D eigenvalue weighted by atomic mass is 9.99. The van der Waals surface area contributed by atoms with Crippen LogP contribution in [0.2, 0.25) is 0 Å². The highest BCUT2D eigenvalue weighted by atomic mass is 16.5. The van der Waals surface area contributed by atoms with Gasteiger partial charge in [-0.05, 0) is 26.2 Å². The predicted octanol–water partition coefficient (Wildman–Crippen LogP) is 1.35. The molecule has 0 spiro atoms. The topological polar surface area (TPSA) is 77.2 Å². The van der Waals surface area contributed by atoms with E-state index < -0.39 is 5.97 Å². The molecule has 1 aromatic rings. The highest BCUT2D eigenvalue weighted by molar-refractivity contribution is 5.66. The lowest BCUT2D eigenvalue weighted by Crippen LogP contribution is -2.19. The molecule has 1 saturated heterocycles. The van der Waals surface area contributed by atoms with E-state index in [1.54, 1.807) is 0 Å². The zero-order valence-electron chi connectivity index (χ0n) is 10.6. The summed E-state index contributed by atoms with van der Waals surface area (Å²) in [6.07, 6.45) is 2.74. The fourth-order valence-corrected chi connectivity index (χ4v) is 2.32. The highest BCUT2D eigenvalue weighted by Gasteiger charge is 2.22. The first-order chi connectivity index (χ1) is 8.68. The van der Waals surface area contributed by atoms with Gasteiger partial charge >= 0.3 is 5.97 Å². The van der Waals surface area contributed by atoms with Crippen molar-refractivity contribution in [1.82, 2.24) is 14.8 Å². The summed E-state index contributed by atoms with van der Waals surface area (Å²) in [7, 11) is 0. The third-order valence-corrected chi connectivity index (χ3v) is 3.32. The fraction of sp³-hybridized carbons (Fsp3) is 0.750. The van der Waals surface area contributed by atoms with Crippen molar-refractivity contribution in [2.24, 2.45) is 0 Å². The van der Waals surface area contributed by atoms with Gasteiger partial charge in [0.1, 0.15) is 11.6 Å². The van der Waals surface area contributed by atoms with Crippen LogP contribution in [0.5, 0.6) is 0 Å². The van der Waals surface area contributed by atoms with Gasteiger partial charge in [0.2, 0.25) is 0 Å². The fourth-order valence-electron chi connectivity index (χ4n) is 2.32. The van der Waals surface area contributed by atoms with Gasteiger partial charge in [0.05, 0.1) is 0 Å². The molecule has 0 amide bonds. The molecule has 100 valence electrons. The van der Waals surface area contributed by atoms with Crippen LogP contribution in [0, 0.1) is 6.92 Å². The smallest absolute Gasteiger partial charge is 0.303 e. The minimum atomic E-state index is -0.756. The molecule has 0 unspecified atom stereocenters. The maximum atomic E-state index is 10.5. The Morgan fingerprint density at radius 2 is 2.17 bits per heavy atom. The van der Waals surface area contributed by atoms with E-state index in [1.165, 1.54) is 0 Å². The Balaban J connectivity index is 2.03. The summed E-state index contributed by atoms with van der Waals surface area (Å²) in [4.78, 5) is 10.5. The quantitative estimate of drug-likeness (QED) is 0.857. The normalized spacial score (nSPS) is 16.9. The molecular weight excluding hydrogens is 234 g/mol. The number of carbonyl (C=O) groups is 1. The molecule has 6 nitrogen and oxygen atoms in total. The molecule has 0 aromatic carbocycles. The Bertz CT molecular complexity index is 411. The molecule has 1 N–H and O–H groups in total. The summed E-state index contributed by atoms with van der Waals surface area (Å²) in [6, 6.07) is 0. The molecule has 0 aliphatic carbocycles. The number of hydrogen-bond donors (Lipinski definition) is 1. The van der Waals surface area contributed by atoms with E-state index >= 15 is 0 Å². The molecule has 2 heterocycles. The number of carboxylic acids is 1. The van der Waals surface area contributed by atoms with Crippen LogP contribution in [-0.2, 0) is 16.1 Å². The van der Waals surface area contributed by atoms with Gasteiger partial charge in [-0.3, -0.25) is 4.79 Å². The molecular formula is C12H19N3O3. The van der Waals surface area contributed by atoms with Crippen molar-refractivity contribution in [2.45, 2.75) is 45.1 Å². The SMILES string of the molecule is Cc1nnc(C2CCOCC2)n1CCCC(=O)O. The van der Waals surface area contributed by atoms with Crippen molar-refractivity contribution in [3.63, 3.8) is 0 Å². The van der Waals surface area contributed by atoms with Crippen LogP contribution < -0.4 is 0 Å². The molecule has 0 saturated carbocycles. The number of ether oxygens (including phenoxy) is 1. The van der Waals surface area contributed by atoms with Crippen molar-refractivity contribution in [1.29, 1.82) is 0 Å². The molecule has 0 radical (unpaired) electrons. The largest absolute Gasteiger partial charge is 0.481 e. The number of nitrogens with zero attached hydrogens (tertiary/aromatic N) is 3. The molecule has 0 bridgehead atoms. The molecule has 6 heteroatoms. The summed E-state index contributed by atoms with van der Waals surface area (Å²) in [6.45, 7) is 4.13. The summed E-state index contributed by atoms with van der Waals surface area (Å²) in [5, 5.41) is 17.0. The monoisotopic (exact) mass is 253 g/mol. The van der Waals surface area contributed by atoms with Crippen molar-refractivity contribution < 1.29 is 14.6 Å². The van der Waals surface area contributed by atoms with Crippen LogP contribution in [-0.4, -0.2) is 39.1 Å². The number of carboxylic acid groups (broad SMARTS) is 1. The van der Waals surface area contributed by atoms with Crippen molar-refractivity contribution >= 4 is 5.97 Å². The number of hydrogen-bond acceptors (Lipinski definition) is 4. The van der Waals surface area contributed by atoms with Gasteiger partial charge in [0.15, 0.2) is 0 Å². The van der Waals surface area contributed by atoms with E-state index in [4.69, 9.17) is 9.84 Å². The molecule has 2 rings (SSSR count). The second-order valence-electron chi connectivity index (χ2n) is 4.64. The van der Waals surface area contributed by atoms with E-state index in [0.29, 0.717) is 18.9 Å². The van der Waals surface area contributed by atoms with Gasteiger partial charge in [-0.15, -0.1) is 10.2 Å². The molecule has 18 heavy (non-hydrogen) atoms. The Hall–Kier alpha value is -1.43. The van der Waals surface area contributed by atoms with Gasteiger partial charge < -0.3 is 14.4 Å². The van der Waals surface area contributed by atoms with Crippen molar-refractivity contribution in [3.8, 4) is 0 Å². The summed E-state index contributed by atoms with van der Waals surface area (Å²) in [5.74, 6) is 1.49. The number of aliphatic carboxylic acids is 1. The first-order valence-electron chi connectivity index (χ1n) is 6.37. The minimum Gasteiger partial charge on any atom is -0.481 e. The van der Waals surface area contributed by atoms with Gasteiger partial charge in [0, 0.05) is 32.1 Å². The first-order valence-corrected chi connectivity index (χ1v) is 6.37. The molecule has 1 fully saturated rings. The van der Waals surface area contributed by atoms with Crippen LogP contribution >= 0.6 is 0 Å². The third-order valence-electron chi connectivity index (χ3n) is 3.32. The first kappa shape index (κ1) is 13.0. The van der Waals surface area contributed by atoms with Gasteiger partial charge in [-0.1, -0.05) is 0 Å². The van der Waals surface area contributed by atoms with Crippen LogP contribution in [0.15, 0.2) is 0 Å². The lowest BCUT2D eigenvalue weighted by molar-refractivity contribution is -0.137. The van der Waals surface area contributed by atoms with E-state index in [2.05, 4.69) is 14.8 Å². The standard InChI is InChI=1S/C12H19N3O3/c1-9-13-14-12(10-4-7-18-8-5-10)15(9)6-2-3-11(16)17/h10H,2-8H2,1H3,(H,16,17). The second-order valence-corrected chi connectivity index (χ2v) is 4.64. The molecule has 1 aliphatic rings. The van der Waals surface area contributed by atoms with E-state index in [1.807, 2.05) is 6.92 Å². The Morgan fingerprint density at radius 1 is 1.44 bits per heavy atom. The summed E-state index contributed by atoms with van der Waals surface area (Å²) < 4.78 is 7.40. The van der Waals surface area contributed by atoms with E-state index in [9.17, 15) is 4.79 Å². The Morgan fingerprint density at radius 3 is 2.83 bits per heavy atom. The van der Waals surface area contributed by atoms with Crippen LogP contribution in [0.4, 0.5) is 0 Å². The summed E-state index contributed by atoms with van der Waals surface area (Å²) in [5.41, 5.74) is 0. The Labute approximate surface area is 106 Å². The predicted molar refractivity (Wildman–Crippen MR) is 64.4 cm³/mol. The van der Waals surface area contributed by atoms with Crippen molar-refractivity contribution in [2.75, 3.05) is 13.2 Å². The average molecular weight is 253 g/mol. The van der Waals surface area contributed by atoms with Crippen molar-refractivity contribution in [3.05, 3.63) is 11.6 Å². The average Bonchev–Trinajstić information content (AvgIpc) is 2.72. The zero-order chi connectivity index (χ0) is 13.0. The maximum absolute atomic E-state index is 10.5. The van der Waals surface area contributed by atoms with E-state index in [0.717, 1.165) is 37.7 Å². The Kier molecular flexibility index (Phi) is 4.30. The zero-order valence-corrected chi connectivity index (χ0v) is 10.6. The van der Waals surface area contributed by atoms with E-state index in [-0.39, 0.29) is 6.42 Å². The number of aromatic nitrogens is 3.